The SMILES string of the molecule is Cc1cc(Br)c(C(N)c2ccc(F)c(Br)c2)s1. The van der Waals surface area contributed by atoms with Crippen LogP contribution in [0.4, 0.5) is 4.39 Å². The molecule has 0 saturated heterocycles. The summed E-state index contributed by atoms with van der Waals surface area (Å²) in [5.74, 6) is -0.276. The van der Waals surface area contributed by atoms with E-state index < -0.39 is 0 Å². The van der Waals surface area contributed by atoms with Crippen molar-refractivity contribution in [1.82, 2.24) is 0 Å². The number of hydrogen-bond donors (Lipinski definition) is 1. The van der Waals surface area contributed by atoms with Gasteiger partial charge in [-0.1, -0.05) is 6.07 Å². The number of nitrogens with two attached hydrogens (primary N) is 1. The molecule has 1 aromatic heterocycles. The quantitative estimate of drug-likeness (QED) is 0.800. The molecule has 0 spiro atoms. The molecular formula is C12H10Br2FNS. The van der Waals surface area contributed by atoms with Crippen LogP contribution in [0.15, 0.2) is 33.2 Å². The second kappa shape index (κ2) is 5.18. The van der Waals surface area contributed by atoms with Gasteiger partial charge in [0.1, 0.15) is 5.82 Å². The molecule has 0 aliphatic rings. The maximum atomic E-state index is 13.2. The second-order valence-electron chi connectivity index (χ2n) is 3.72. The van der Waals surface area contributed by atoms with Crippen molar-refractivity contribution < 1.29 is 4.39 Å². The summed E-state index contributed by atoms with van der Waals surface area (Å²) in [4.78, 5) is 2.25. The van der Waals surface area contributed by atoms with E-state index in [0.29, 0.717) is 4.47 Å². The van der Waals surface area contributed by atoms with E-state index in [1.54, 1.807) is 23.5 Å². The maximum absolute atomic E-state index is 13.2. The first-order chi connectivity index (χ1) is 7.99. The molecule has 0 fully saturated rings. The highest BCUT2D eigenvalue weighted by Crippen LogP contribution is 2.35. The molecule has 1 atom stereocenters. The monoisotopic (exact) mass is 377 g/mol. The number of benzene rings is 1. The van der Waals surface area contributed by atoms with Gasteiger partial charge in [0.2, 0.25) is 0 Å². The zero-order valence-corrected chi connectivity index (χ0v) is 13.0. The van der Waals surface area contributed by atoms with Crippen molar-refractivity contribution >= 4 is 43.2 Å². The van der Waals surface area contributed by atoms with Gasteiger partial charge in [0, 0.05) is 14.2 Å². The summed E-state index contributed by atoms with van der Waals surface area (Å²) in [6.07, 6.45) is 0. The van der Waals surface area contributed by atoms with E-state index >= 15 is 0 Å². The van der Waals surface area contributed by atoms with Crippen LogP contribution in [0.2, 0.25) is 0 Å². The lowest BCUT2D eigenvalue weighted by molar-refractivity contribution is 0.619. The summed E-state index contributed by atoms with van der Waals surface area (Å²) in [5.41, 5.74) is 7.08. The third-order valence-electron chi connectivity index (χ3n) is 2.42. The van der Waals surface area contributed by atoms with Crippen LogP contribution in [0.25, 0.3) is 0 Å². The van der Waals surface area contributed by atoms with Crippen LogP contribution in [-0.2, 0) is 0 Å². The fraction of sp³-hybridized carbons (Fsp3) is 0.167. The summed E-state index contributed by atoms with van der Waals surface area (Å²) < 4.78 is 14.6. The number of halogens is 3. The van der Waals surface area contributed by atoms with Crippen LogP contribution < -0.4 is 5.73 Å². The zero-order valence-electron chi connectivity index (χ0n) is 9.01. The summed E-state index contributed by atoms with van der Waals surface area (Å²) >= 11 is 8.31. The van der Waals surface area contributed by atoms with Crippen molar-refractivity contribution in [3.63, 3.8) is 0 Å². The third-order valence-corrected chi connectivity index (χ3v) is 5.08. The van der Waals surface area contributed by atoms with Gasteiger partial charge in [0.25, 0.3) is 0 Å². The van der Waals surface area contributed by atoms with Crippen molar-refractivity contribution in [2.24, 2.45) is 5.73 Å². The summed E-state index contributed by atoms with van der Waals surface area (Å²) in [5, 5.41) is 0. The van der Waals surface area contributed by atoms with Crippen LogP contribution in [-0.4, -0.2) is 0 Å². The second-order valence-corrected chi connectivity index (χ2v) is 6.72. The molecule has 2 rings (SSSR count). The molecule has 0 saturated carbocycles. The molecule has 1 nitrogen and oxygen atoms in total. The van der Waals surface area contributed by atoms with E-state index in [9.17, 15) is 4.39 Å². The lowest BCUT2D eigenvalue weighted by Gasteiger charge is -2.11. The minimum Gasteiger partial charge on any atom is -0.320 e. The molecule has 17 heavy (non-hydrogen) atoms. The van der Waals surface area contributed by atoms with Crippen LogP contribution >= 0.6 is 43.2 Å². The van der Waals surface area contributed by atoms with Gasteiger partial charge in [-0.05, 0) is 62.5 Å². The Morgan fingerprint density at radius 1 is 1.24 bits per heavy atom. The number of hydrogen-bond acceptors (Lipinski definition) is 2. The van der Waals surface area contributed by atoms with Gasteiger partial charge in [-0.2, -0.15) is 0 Å². The highest BCUT2D eigenvalue weighted by molar-refractivity contribution is 9.10. The summed E-state index contributed by atoms with van der Waals surface area (Å²) in [6.45, 7) is 2.03. The fourth-order valence-corrected chi connectivity index (χ4v) is 3.89. The molecule has 2 N–H and O–H groups in total. The Bertz CT molecular complexity index is 553. The highest BCUT2D eigenvalue weighted by atomic mass is 79.9. The molecule has 0 aliphatic carbocycles. The zero-order chi connectivity index (χ0) is 12.6. The Balaban J connectivity index is 2.40. The predicted molar refractivity (Wildman–Crippen MR) is 76.9 cm³/mol. The van der Waals surface area contributed by atoms with Crippen molar-refractivity contribution in [2.45, 2.75) is 13.0 Å². The summed E-state index contributed by atoms with van der Waals surface area (Å²) in [7, 11) is 0. The van der Waals surface area contributed by atoms with E-state index in [4.69, 9.17) is 5.73 Å². The molecule has 0 bridgehead atoms. The molecule has 2 aromatic rings. The van der Waals surface area contributed by atoms with Crippen LogP contribution in [0.5, 0.6) is 0 Å². The van der Waals surface area contributed by atoms with Crippen molar-refractivity contribution in [1.29, 1.82) is 0 Å². The smallest absolute Gasteiger partial charge is 0.137 e. The third kappa shape index (κ3) is 2.78. The van der Waals surface area contributed by atoms with E-state index in [-0.39, 0.29) is 11.9 Å². The number of rotatable bonds is 2. The summed E-state index contributed by atoms with van der Waals surface area (Å²) in [6, 6.07) is 6.67. The highest BCUT2D eigenvalue weighted by Gasteiger charge is 2.16. The maximum Gasteiger partial charge on any atom is 0.137 e. The predicted octanol–water partition coefficient (Wildman–Crippen LogP) is 4.77. The normalized spacial score (nSPS) is 12.8. The van der Waals surface area contributed by atoms with E-state index in [1.807, 2.05) is 13.0 Å². The van der Waals surface area contributed by atoms with Gasteiger partial charge >= 0.3 is 0 Å². The average molecular weight is 379 g/mol. The number of aryl methyl sites for hydroxylation is 1. The van der Waals surface area contributed by atoms with Gasteiger partial charge in [-0.3, -0.25) is 0 Å². The molecule has 1 aromatic carbocycles. The molecule has 0 aliphatic heterocycles. The Morgan fingerprint density at radius 2 is 1.94 bits per heavy atom. The van der Waals surface area contributed by atoms with Crippen LogP contribution in [0, 0.1) is 12.7 Å². The Kier molecular flexibility index (Phi) is 4.02. The van der Waals surface area contributed by atoms with Gasteiger partial charge < -0.3 is 5.73 Å². The lowest BCUT2D eigenvalue weighted by atomic mass is 10.1. The molecule has 1 heterocycles. The molecule has 0 radical (unpaired) electrons. The topological polar surface area (TPSA) is 26.0 Å². The Labute approximate surface area is 120 Å². The van der Waals surface area contributed by atoms with E-state index in [2.05, 4.69) is 31.9 Å². The van der Waals surface area contributed by atoms with Crippen molar-refractivity contribution in [3.8, 4) is 0 Å². The van der Waals surface area contributed by atoms with Crippen molar-refractivity contribution in [3.05, 3.63) is 54.3 Å². The molecule has 90 valence electrons. The van der Waals surface area contributed by atoms with Gasteiger partial charge in [-0.25, -0.2) is 4.39 Å². The minimum atomic E-state index is -0.276. The average Bonchev–Trinajstić information content (AvgIpc) is 2.61. The van der Waals surface area contributed by atoms with Gasteiger partial charge in [0.15, 0.2) is 0 Å². The Hall–Kier alpha value is -0.230. The molecule has 5 heteroatoms. The largest absolute Gasteiger partial charge is 0.320 e. The molecule has 0 amide bonds. The molecular weight excluding hydrogens is 369 g/mol. The molecule has 1 unspecified atom stereocenters. The minimum absolute atomic E-state index is 0.236. The van der Waals surface area contributed by atoms with Crippen LogP contribution in [0.1, 0.15) is 21.4 Å². The first-order valence-electron chi connectivity index (χ1n) is 4.95. The fourth-order valence-electron chi connectivity index (χ4n) is 1.57. The lowest BCUT2D eigenvalue weighted by Crippen LogP contribution is -2.10. The first-order valence-corrected chi connectivity index (χ1v) is 7.35. The Morgan fingerprint density at radius 3 is 2.47 bits per heavy atom. The van der Waals surface area contributed by atoms with Crippen LogP contribution in [0.3, 0.4) is 0 Å². The van der Waals surface area contributed by atoms with Crippen molar-refractivity contribution in [2.75, 3.05) is 0 Å². The van der Waals surface area contributed by atoms with E-state index in [0.717, 1.165) is 14.9 Å². The van der Waals surface area contributed by atoms with E-state index in [1.165, 1.54) is 10.9 Å². The first kappa shape index (κ1) is 13.2. The number of thiophene rings is 1. The standard InChI is InChI=1S/C12H10Br2FNS/c1-6-4-9(14)12(17-6)11(16)7-2-3-10(15)8(13)5-7/h2-5,11H,16H2,1H3. The van der Waals surface area contributed by atoms with Gasteiger partial charge in [0.05, 0.1) is 10.5 Å². The van der Waals surface area contributed by atoms with Gasteiger partial charge in [-0.15, -0.1) is 11.3 Å².